The molecule has 182 valence electrons. The van der Waals surface area contributed by atoms with Crippen LogP contribution >= 0.6 is 0 Å². The van der Waals surface area contributed by atoms with Crippen molar-refractivity contribution in [1.82, 2.24) is 10.4 Å². The molecule has 1 unspecified atom stereocenters. The Morgan fingerprint density at radius 1 is 1.00 bits per heavy atom. The standard InChI is InChI=1S/C25H31N3O6/c1-17(2)23(24(31)26-20-14-12-19(13-15-20)25(32)34-3)28(16-21(29)27-33)22(30)11-7-10-18-8-5-4-6-9-18/h4-6,8-9,12-15,17,23,33H,7,10-11,16H2,1-3H3,(H,26,31)(H,27,29). The minimum absolute atomic E-state index is 0.137. The molecule has 0 bridgehead atoms. The van der Waals surface area contributed by atoms with E-state index in [9.17, 15) is 19.2 Å². The lowest BCUT2D eigenvalue weighted by molar-refractivity contribution is -0.145. The van der Waals surface area contributed by atoms with Gasteiger partial charge in [0.2, 0.25) is 11.8 Å². The number of amides is 3. The number of carbonyl (C=O) groups is 4. The molecule has 34 heavy (non-hydrogen) atoms. The zero-order valence-electron chi connectivity index (χ0n) is 19.6. The van der Waals surface area contributed by atoms with Gasteiger partial charge >= 0.3 is 5.97 Å². The van der Waals surface area contributed by atoms with Crippen molar-refractivity contribution in [2.75, 3.05) is 19.0 Å². The van der Waals surface area contributed by atoms with Gasteiger partial charge in [0.25, 0.3) is 5.91 Å². The van der Waals surface area contributed by atoms with Crippen LogP contribution in [0.1, 0.15) is 42.6 Å². The fourth-order valence-corrected chi connectivity index (χ4v) is 3.59. The third kappa shape index (κ3) is 7.70. The Morgan fingerprint density at radius 3 is 2.21 bits per heavy atom. The van der Waals surface area contributed by atoms with E-state index < -0.39 is 30.4 Å². The van der Waals surface area contributed by atoms with Crippen LogP contribution in [0.4, 0.5) is 5.69 Å². The Hall–Kier alpha value is -3.72. The van der Waals surface area contributed by atoms with Crippen LogP contribution < -0.4 is 10.8 Å². The smallest absolute Gasteiger partial charge is 0.337 e. The third-order valence-electron chi connectivity index (χ3n) is 5.27. The fourth-order valence-electron chi connectivity index (χ4n) is 3.59. The summed E-state index contributed by atoms with van der Waals surface area (Å²) in [5.41, 5.74) is 3.37. The first-order chi connectivity index (χ1) is 16.3. The Kier molecular flexibility index (Phi) is 10.2. The number of hydrogen-bond acceptors (Lipinski definition) is 6. The van der Waals surface area contributed by atoms with Crippen LogP contribution in [-0.2, 0) is 25.5 Å². The quantitative estimate of drug-likeness (QED) is 0.264. The van der Waals surface area contributed by atoms with Gasteiger partial charge in [0.1, 0.15) is 12.6 Å². The topological polar surface area (TPSA) is 125 Å². The van der Waals surface area contributed by atoms with Crippen molar-refractivity contribution >= 4 is 29.4 Å². The van der Waals surface area contributed by atoms with Gasteiger partial charge in [-0.3, -0.25) is 19.6 Å². The van der Waals surface area contributed by atoms with Gasteiger partial charge in [0.05, 0.1) is 12.7 Å². The lowest BCUT2D eigenvalue weighted by Gasteiger charge is -2.33. The van der Waals surface area contributed by atoms with E-state index in [0.717, 1.165) is 5.56 Å². The van der Waals surface area contributed by atoms with Crippen LogP contribution in [0.2, 0.25) is 0 Å². The first kappa shape index (κ1) is 26.5. The molecule has 9 nitrogen and oxygen atoms in total. The van der Waals surface area contributed by atoms with Gasteiger partial charge in [-0.25, -0.2) is 10.3 Å². The second kappa shape index (κ2) is 13.1. The van der Waals surface area contributed by atoms with Gasteiger partial charge < -0.3 is 15.0 Å². The summed E-state index contributed by atoms with van der Waals surface area (Å²) in [4.78, 5) is 51.0. The summed E-state index contributed by atoms with van der Waals surface area (Å²) in [6, 6.07) is 14.9. The average molecular weight is 470 g/mol. The Morgan fingerprint density at radius 2 is 1.65 bits per heavy atom. The molecule has 3 N–H and O–H groups in total. The van der Waals surface area contributed by atoms with E-state index in [1.54, 1.807) is 26.0 Å². The lowest BCUT2D eigenvalue weighted by atomic mass is 9.99. The summed E-state index contributed by atoms with van der Waals surface area (Å²) >= 11 is 0. The molecule has 0 fully saturated rings. The first-order valence-corrected chi connectivity index (χ1v) is 11.0. The van der Waals surface area contributed by atoms with Crippen molar-refractivity contribution in [3.8, 4) is 0 Å². The number of nitrogens with one attached hydrogen (secondary N) is 2. The van der Waals surface area contributed by atoms with Crippen LogP contribution in [0, 0.1) is 5.92 Å². The van der Waals surface area contributed by atoms with Gasteiger partial charge in [0.15, 0.2) is 0 Å². The second-order valence-corrected chi connectivity index (χ2v) is 8.14. The largest absolute Gasteiger partial charge is 0.465 e. The molecule has 2 rings (SSSR count). The number of anilines is 1. The molecule has 0 radical (unpaired) electrons. The van der Waals surface area contributed by atoms with Crippen molar-refractivity contribution in [2.45, 2.75) is 39.2 Å². The average Bonchev–Trinajstić information content (AvgIpc) is 2.83. The number of carbonyl (C=O) groups excluding carboxylic acids is 4. The van der Waals surface area contributed by atoms with E-state index in [1.165, 1.54) is 29.6 Å². The monoisotopic (exact) mass is 469 g/mol. The maximum absolute atomic E-state index is 13.1. The first-order valence-electron chi connectivity index (χ1n) is 11.0. The summed E-state index contributed by atoms with van der Waals surface area (Å²) in [6.45, 7) is 3.08. The van der Waals surface area contributed by atoms with E-state index in [0.29, 0.717) is 24.1 Å². The van der Waals surface area contributed by atoms with E-state index in [2.05, 4.69) is 10.1 Å². The zero-order chi connectivity index (χ0) is 25.1. The van der Waals surface area contributed by atoms with Crippen molar-refractivity contribution < 1.29 is 29.1 Å². The molecule has 2 aromatic rings. The molecule has 9 heteroatoms. The van der Waals surface area contributed by atoms with Crippen molar-refractivity contribution in [2.24, 2.45) is 5.92 Å². The molecule has 3 amide bonds. The number of hydroxylamine groups is 1. The molecule has 0 aliphatic heterocycles. The van der Waals surface area contributed by atoms with Gasteiger partial charge in [-0.2, -0.15) is 0 Å². The highest BCUT2D eigenvalue weighted by Gasteiger charge is 2.33. The molecule has 0 aromatic heterocycles. The summed E-state index contributed by atoms with van der Waals surface area (Å²) in [5.74, 6) is -2.46. The lowest BCUT2D eigenvalue weighted by Crippen LogP contribution is -2.53. The highest BCUT2D eigenvalue weighted by atomic mass is 16.5. The minimum Gasteiger partial charge on any atom is -0.465 e. The number of hydrogen-bond donors (Lipinski definition) is 3. The number of methoxy groups -OCH3 is 1. The van der Waals surface area contributed by atoms with Crippen molar-refractivity contribution in [3.63, 3.8) is 0 Å². The summed E-state index contributed by atoms with van der Waals surface area (Å²) in [5, 5.41) is 11.7. The van der Waals surface area contributed by atoms with Crippen LogP contribution in [-0.4, -0.2) is 53.5 Å². The highest BCUT2D eigenvalue weighted by molar-refractivity contribution is 5.99. The predicted octanol–water partition coefficient (Wildman–Crippen LogP) is 2.79. The summed E-state index contributed by atoms with van der Waals surface area (Å²) in [7, 11) is 1.28. The van der Waals surface area contributed by atoms with E-state index in [-0.39, 0.29) is 18.2 Å². The summed E-state index contributed by atoms with van der Waals surface area (Å²) in [6.07, 6.45) is 1.36. The van der Waals surface area contributed by atoms with Crippen molar-refractivity contribution in [1.29, 1.82) is 0 Å². The second-order valence-electron chi connectivity index (χ2n) is 8.14. The molecule has 2 aromatic carbocycles. The Balaban J connectivity index is 2.15. The molecule has 0 aliphatic rings. The molecular formula is C25H31N3O6. The minimum atomic E-state index is -0.957. The van der Waals surface area contributed by atoms with Crippen LogP contribution in [0.5, 0.6) is 0 Å². The molecule has 0 aliphatic carbocycles. The van der Waals surface area contributed by atoms with Gasteiger partial charge in [-0.15, -0.1) is 0 Å². The zero-order valence-corrected chi connectivity index (χ0v) is 19.6. The molecule has 0 saturated carbocycles. The van der Waals surface area contributed by atoms with Gasteiger partial charge in [0, 0.05) is 12.1 Å². The molecular weight excluding hydrogens is 438 g/mol. The SMILES string of the molecule is COC(=O)c1ccc(NC(=O)C(C(C)C)N(CC(=O)NO)C(=O)CCCc2ccccc2)cc1. The van der Waals surface area contributed by atoms with E-state index >= 15 is 0 Å². The van der Waals surface area contributed by atoms with Gasteiger partial charge in [-0.1, -0.05) is 44.2 Å². The normalized spacial score (nSPS) is 11.4. The maximum atomic E-state index is 13.1. The molecule has 0 spiro atoms. The number of nitrogens with zero attached hydrogens (tertiary/aromatic N) is 1. The third-order valence-corrected chi connectivity index (χ3v) is 5.27. The molecule has 0 saturated heterocycles. The number of ether oxygens (including phenoxy) is 1. The predicted molar refractivity (Wildman–Crippen MR) is 126 cm³/mol. The number of rotatable bonds is 11. The maximum Gasteiger partial charge on any atom is 0.337 e. The fraction of sp³-hybridized carbons (Fsp3) is 0.360. The van der Waals surface area contributed by atoms with Crippen LogP contribution in [0.3, 0.4) is 0 Å². The number of aryl methyl sites for hydroxylation is 1. The van der Waals surface area contributed by atoms with E-state index in [1.807, 2.05) is 30.3 Å². The van der Waals surface area contributed by atoms with E-state index in [4.69, 9.17) is 5.21 Å². The highest BCUT2D eigenvalue weighted by Crippen LogP contribution is 2.18. The van der Waals surface area contributed by atoms with Crippen LogP contribution in [0.15, 0.2) is 54.6 Å². The Labute approximate surface area is 199 Å². The summed E-state index contributed by atoms with van der Waals surface area (Å²) < 4.78 is 4.66. The number of esters is 1. The Bertz CT molecular complexity index is 976. The number of benzene rings is 2. The molecule has 1 atom stereocenters. The van der Waals surface area contributed by atoms with Gasteiger partial charge in [-0.05, 0) is 48.6 Å². The molecule has 0 heterocycles. The van der Waals surface area contributed by atoms with Crippen LogP contribution in [0.25, 0.3) is 0 Å². The van der Waals surface area contributed by atoms with Crippen molar-refractivity contribution in [3.05, 3.63) is 65.7 Å².